The van der Waals surface area contributed by atoms with Crippen LogP contribution in [0.1, 0.15) is 30.9 Å². The number of aliphatic hydroxyl groups excluding tert-OH is 1. The molecule has 0 radical (unpaired) electrons. The summed E-state index contributed by atoms with van der Waals surface area (Å²) in [6, 6.07) is 12.6. The Labute approximate surface area is 167 Å². The molecule has 1 aromatic heterocycles. The fourth-order valence-corrected chi connectivity index (χ4v) is 4.23. The van der Waals surface area contributed by atoms with Gasteiger partial charge in [0.15, 0.2) is 0 Å². The van der Waals surface area contributed by atoms with Crippen molar-refractivity contribution in [1.29, 1.82) is 0 Å². The quantitative estimate of drug-likeness (QED) is 0.829. The van der Waals surface area contributed by atoms with Gasteiger partial charge < -0.3 is 25.0 Å². The molecule has 2 aliphatic heterocycles. The van der Waals surface area contributed by atoms with E-state index in [0.29, 0.717) is 6.54 Å². The van der Waals surface area contributed by atoms with Gasteiger partial charge in [-0.2, -0.15) is 0 Å². The monoisotopic (exact) mass is 382 g/mol. The van der Waals surface area contributed by atoms with Gasteiger partial charge in [0.05, 0.1) is 24.5 Å². The molecule has 150 valence electrons. The van der Waals surface area contributed by atoms with Crippen LogP contribution in [0.25, 0.3) is 0 Å². The van der Waals surface area contributed by atoms with E-state index in [-0.39, 0.29) is 18.2 Å². The second-order valence-electron chi connectivity index (χ2n) is 8.07. The Kier molecular flexibility index (Phi) is 5.42. The molecule has 28 heavy (non-hydrogen) atoms. The highest BCUT2D eigenvalue weighted by molar-refractivity contribution is 5.51. The average Bonchev–Trinajstić information content (AvgIpc) is 2.71. The molecular formula is C22H30N4O2. The third kappa shape index (κ3) is 3.93. The van der Waals surface area contributed by atoms with Crippen LogP contribution in [0.4, 0.5) is 11.5 Å². The SMILES string of the molecule is CN1CCC2(CC1)CC(Nc1ccc(N(C)CCO)cn1)c1ccccc1O2. The maximum absolute atomic E-state index is 9.11. The molecule has 6 heteroatoms. The zero-order chi connectivity index (χ0) is 19.6. The van der Waals surface area contributed by atoms with Crippen molar-refractivity contribution in [2.75, 3.05) is 50.6 Å². The number of ether oxygens (including phenoxy) is 1. The molecule has 2 aromatic rings. The van der Waals surface area contributed by atoms with E-state index in [0.717, 1.165) is 49.6 Å². The van der Waals surface area contributed by atoms with Gasteiger partial charge in [0.2, 0.25) is 0 Å². The van der Waals surface area contributed by atoms with Crippen LogP contribution in [0, 0.1) is 0 Å². The van der Waals surface area contributed by atoms with E-state index >= 15 is 0 Å². The first-order valence-electron chi connectivity index (χ1n) is 10.1. The number of likely N-dealkylation sites (tertiary alicyclic amines) is 1. The summed E-state index contributed by atoms with van der Waals surface area (Å²) in [6.45, 7) is 2.86. The van der Waals surface area contributed by atoms with Crippen molar-refractivity contribution in [3.63, 3.8) is 0 Å². The van der Waals surface area contributed by atoms with Crippen LogP contribution in [0.2, 0.25) is 0 Å². The predicted octanol–water partition coefficient (Wildman–Crippen LogP) is 2.91. The minimum absolute atomic E-state index is 0.0974. The normalized spacial score (nSPS) is 21.0. The number of rotatable bonds is 5. The van der Waals surface area contributed by atoms with Gasteiger partial charge in [0.25, 0.3) is 0 Å². The lowest BCUT2D eigenvalue weighted by atomic mass is 9.80. The molecule has 1 spiro atoms. The number of para-hydroxylation sites is 1. The number of nitrogens with one attached hydrogen (secondary N) is 1. The fraction of sp³-hybridized carbons (Fsp3) is 0.500. The predicted molar refractivity (Wildman–Crippen MR) is 112 cm³/mol. The highest BCUT2D eigenvalue weighted by Crippen LogP contribution is 2.45. The number of benzene rings is 1. The van der Waals surface area contributed by atoms with E-state index in [1.807, 2.05) is 36.3 Å². The zero-order valence-electron chi connectivity index (χ0n) is 16.8. The Bertz CT molecular complexity index is 787. The number of hydrogen-bond acceptors (Lipinski definition) is 6. The van der Waals surface area contributed by atoms with E-state index in [4.69, 9.17) is 9.84 Å². The van der Waals surface area contributed by atoms with Gasteiger partial charge in [-0.3, -0.25) is 0 Å². The number of anilines is 2. The van der Waals surface area contributed by atoms with Crippen LogP contribution in [0.5, 0.6) is 5.75 Å². The molecule has 2 N–H and O–H groups in total. The molecule has 1 unspecified atom stereocenters. The standard InChI is InChI=1S/C22H30N4O2/c1-25-11-9-22(10-12-25)15-19(18-5-3-4-6-20(18)28-22)24-21-8-7-17(16-23-21)26(2)13-14-27/h3-8,16,19,27H,9-15H2,1-2H3,(H,23,24). The molecular weight excluding hydrogens is 352 g/mol. The number of fused-ring (bicyclic) bond motifs is 1. The van der Waals surface area contributed by atoms with Crippen LogP contribution in [0.15, 0.2) is 42.6 Å². The van der Waals surface area contributed by atoms with E-state index < -0.39 is 0 Å². The van der Waals surface area contributed by atoms with Crippen molar-refractivity contribution in [3.05, 3.63) is 48.2 Å². The molecule has 0 amide bonds. The summed E-state index contributed by atoms with van der Waals surface area (Å²) in [7, 11) is 4.14. The van der Waals surface area contributed by atoms with Crippen LogP contribution in [-0.2, 0) is 0 Å². The van der Waals surface area contributed by atoms with E-state index in [1.54, 1.807) is 0 Å². The Balaban J connectivity index is 1.54. The lowest BCUT2D eigenvalue weighted by Crippen LogP contribution is -2.50. The molecule has 1 fully saturated rings. The summed E-state index contributed by atoms with van der Waals surface area (Å²) in [5.74, 6) is 1.86. The fourth-order valence-electron chi connectivity index (χ4n) is 4.23. The molecule has 2 aliphatic rings. The first-order valence-corrected chi connectivity index (χ1v) is 10.1. The number of likely N-dealkylation sites (N-methyl/N-ethyl adjacent to an activating group) is 1. The third-order valence-corrected chi connectivity index (χ3v) is 6.04. The van der Waals surface area contributed by atoms with Crippen molar-refractivity contribution in [3.8, 4) is 5.75 Å². The van der Waals surface area contributed by atoms with Gasteiger partial charge in [-0.25, -0.2) is 4.98 Å². The van der Waals surface area contributed by atoms with Crippen molar-refractivity contribution >= 4 is 11.5 Å². The van der Waals surface area contributed by atoms with Gasteiger partial charge in [0, 0.05) is 38.7 Å². The zero-order valence-corrected chi connectivity index (χ0v) is 16.8. The smallest absolute Gasteiger partial charge is 0.126 e. The van der Waals surface area contributed by atoms with Gasteiger partial charge in [0.1, 0.15) is 17.2 Å². The van der Waals surface area contributed by atoms with Gasteiger partial charge in [-0.05, 0) is 38.1 Å². The number of pyridine rings is 1. The number of aromatic nitrogens is 1. The summed E-state index contributed by atoms with van der Waals surface area (Å²) in [4.78, 5) is 8.98. The van der Waals surface area contributed by atoms with E-state index in [2.05, 4.69) is 40.4 Å². The number of piperidine rings is 1. The average molecular weight is 383 g/mol. The molecule has 4 rings (SSSR count). The largest absolute Gasteiger partial charge is 0.487 e. The van der Waals surface area contributed by atoms with Crippen molar-refractivity contribution in [2.24, 2.45) is 0 Å². The summed E-state index contributed by atoms with van der Waals surface area (Å²) in [5.41, 5.74) is 2.11. The molecule has 0 aliphatic carbocycles. The van der Waals surface area contributed by atoms with E-state index in [1.165, 1.54) is 5.56 Å². The third-order valence-electron chi connectivity index (χ3n) is 6.04. The Hall–Kier alpha value is -2.31. The van der Waals surface area contributed by atoms with Crippen LogP contribution < -0.4 is 15.0 Å². The minimum atomic E-state index is -0.0974. The summed E-state index contributed by atoms with van der Waals surface area (Å²) in [6.07, 6.45) is 4.91. The molecule has 0 bridgehead atoms. The number of aliphatic hydroxyl groups is 1. The molecule has 6 nitrogen and oxygen atoms in total. The molecule has 1 saturated heterocycles. The lowest BCUT2D eigenvalue weighted by Gasteiger charge is -2.46. The lowest BCUT2D eigenvalue weighted by molar-refractivity contribution is -0.0145. The van der Waals surface area contributed by atoms with Gasteiger partial charge in [-0.1, -0.05) is 18.2 Å². The van der Waals surface area contributed by atoms with Crippen LogP contribution in [-0.4, -0.2) is 60.9 Å². The van der Waals surface area contributed by atoms with Crippen LogP contribution in [0.3, 0.4) is 0 Å². The minimum Gasteiger partial charge on any atom is -0.487 e. The van der Waals surface area contributed by atoms with Crippen molar-refractivity contribution in [2.45, 2.75) is 30.9 Å². The summed E-state index contributed by atoms with van der Waals surface area (Å²) in [5, 5.41) is 12.8. The van der Waals surface area contributed by atoms with Crippen molar-refractivity contribution in [1.82, 2.24) is 9.88 Å². The second-order valence-corrected chi connectivity index (χ2v) is 8.07. The first kappa shape index (κ1) is 19.0. The maximum Gasteiger partial charge on any atom is 0.126 e. The van der Waals surface area contributed by atoms with Gasteiger partial charge >= 0.3 is 0 Å². The van der Waals surface area contributed by atoms with Gasteiger partial charge in [-0.15, -0.1) is 0 Å². The highest BCUT2D eigenvalue weighted by atomic mass is 16.5. The Morgan fingerprint density at radius 1 is 1.25 bits per heavy atom. The second kappa shape index (κ2) is 7.97. The topological polar surface area (TPSA) is 60.9 Å². The summed E-state index contributed by atoms with van der Waals surface area (Å²) < 4.78 is 6.54. The number of hydrogen-bond donors (Lipinski definition) is 2. The molecule has 0 saturated carbocycles. The maximum atomic E-state index is 9.11. The molecule has 3 heterocycles. The first-order chi connectivity index (χ1) is 13.6. The Morgan fingerprint density at radius 2 is 2.04 bits per heavy atom. The highest BCUT2D eigenvalue weighted by Gasteiger charge is 2.42. The Morgan fingerprint density at radius 3 is 2.75 bits per heavy atom. The molecule has 1 atom stereocenters. The molecule has 1 aromatic carbocycles. The summed E-state index contributed by atoms with van der Waals surface area (Å²) >= 11 is 0. The van der Waals surface area contributed by atoms with E-state index in [9.17, 15) is 0 Å². The van der Waals surface area contributed by atoms with Crippen molar-refractivity contribution < 1.29 is 9.84 Å². The number of nitrogens with zero attached hydrogens (tertiary/aromatic N) is 3. The van der Waals surface area contributed by atoms with Crippen LogP contribution >= 0.6 is 0 Å².